The second-order valence-corrected chi connectivity index (χ2v) is 9.95. The number of hydrogen-bond donors (Lipinski definition) is 1. The van der Waals surface area contributed by atoms with Crippen LogP contribution >= 0.6 is 0 Å². The third-order valence-corrected chi connectivity index (χ3v) is 7.87. The smallest absolute Gasteiger partial charge is 0.252 e. The number of amides is 1. The molecule has 6 heteroatoms. The van der Waals surface area contributed by atoms with E-state index in [0.717, 1.165) is 61.0 Å². The maximum atomic E-state index is 12.9. The monoisotopic (exact) mass is 414 g/mol. The Hall–Kier alpha value is -1.95. The summed E-state index contributed by atoms with van der Waals surface area (Å²) in [7, 11) is 4.32. The van der Waals surface area contributed by atoms with Crippen LogP contribution in [0.1, 0.15) is 73.9 Å². The van der Waals surface area contributed by atoms with Crippen LogP contribution in [-0.2, 0) is 5.41 Å². The minimum Gasteiger partial charge on any atom is -0.489 e. The number of carbonyl (C=O) groups is 1. The Balaban J connectivity index is 1.54. The number of hydrogen-bond acceptors (Lipinski definition) is 5. The SMILES string of the molecule is CCOc1c2c(c(C)c3c1C1(CC1)CNC3=O)OC(C)(C1CCC(N(C)C)CC1)O2. The molecule has 1 spiro atoms. The van der Waals surface area contributed by atoms with E-state index in [-0.39, 0.29) is 11.3 Å². The third kappa shape index (κ3) is 2.83. The van der Waals surface area contributed by atoms with Gasteiger partial charge in [0.15, 0.2) is 11.5 Å². The van der Waals surface area contributed by atoms with Crippen LogP contribution in [0.15, 0.2) is 0 Å². The number of nitrogens with one attached hydrogen (secondary N) is 1. The summed E-state index contributed by atoms with van der Waals surface area (Å²) in [6.07, 6.45) is 6.59. The van der Waals surface area contributed by atoms with Crippen molar-refractivity contribution in [3.05, 3.63) is 16.7 Å². The van der Waals surface area contributed by atoms with Crippen LogP contribution in [0.2, 0.25) is 0 Å². The van der Waals surface area contributed by atoms with Gasteiger partial charge in [0.1, 0.15) is 0 Å². The predicted octanol–water partition coefficient (Wildman–Crippen LogP) is 3.78. The van der Waals surface area contributed by atoms with Gasteiger partial charge in [0.2, 0.25) is 5.75 Å². The zero-order valence-electron chi connectivity index (χ0n) is 18.9. The van der Waals surface area contributed by atoms with E-state index in [1.54, 1.807) is 0 Å². The number of fused-ring (bicyclic) bond motifs is 3. The molecule has 0 aromatic heterocycles. The highest BCUT2D eigenvalue weighted by molar-refractivity contribution is 6.01. The van der Waals surface area contributed by atoms with E-state index in [4.69, 9.17) is 14.2 Å². The van der Waals surface area contributed by atoms with Crippen LogP contribution in [0.3, 0.4) is 0 Å². The van der Waals surface area contributed by atoms with Crippen molar-refractivity contribution in [3.63, 3.8) is 0 Å². The van der Waals surface area contributed by atoms with Gasteiger partial charge in [-0.05, 0) is 66.5 Å². The maximum absolute atomic E-state index is 12.9. The van der Waals surface area contributed by atoms with E-state index in [1.807, 2.05) is 13.8 Å². The lowest BCUT2D eigenvalue weighted by Crippen LogP contribution is -2.46. The molecular weight excluding hydrogens is 380 g/mol. The molecule has 0 saturated heterocycles. The molecule has 1 unspecified atom stereocenters. The van der Waals surface area contributed by atoms with Crippen LogP contribution < -0.4 is 19.5 Å². The fourth-order valence-corrected chi connectivity index (χ4v) is 5.80. The van der Waals surface area contributed by atoms with Crippen molar-refractivity contribution in [2.75, 3.05) is 27.2 Å². The standard InChI is InChI=1S/C24H34N2O4/c1-6-28-20-18-17(22(27)25-13-24(18)11-12-24)14(2)19-21(20)30-23(3,29-19)15-7-9-16(10-8-15)26(4)5/h15-16H,6-13H2,1-5H3,(H,25,27). The summed E-state index contributed by atoms with van der Waals surface area (Å²) >= 11 is 0. The van der Waals surface area contributed by atoms with Crippen molar-refractivity contribution in [1.82, 2.24) is 10.2 Å². The highest BCUT2D eigenvalue weighted by Gasteiger charge is 2.55. The molecule has 0 bridgehead atoms. The lowest BCUT2D eigenvalue weighted by atomic mass is 9.81. The first-order valence-corrected chi connectivity index (χ1v) is 11.5. The molecule has 5 rings (SSSR count). The summed E-state index contributed by atoms with van der Waals surface area (Å²) in [5.74, 6) is 1.73. The molecule has 1 amide bonds. The average Bonchev–Trinajstić information content (AvgIpc) is 3.40. The number of carbonyl (C=O) groups excluding carboxylic acids is 1. The molecule has 2 aliphatic carbocycles. The van der Waals surface area contributed by atoms with Crippen molar-refractivity contribution in [3.8, 4) is 17.2 Å². The van der Waals surface area contributed by atoms with Gasteiger partial charge in [0.25, 0.3) is 11.7 Å². The maximum Gasteiger partial charge on any atom is 0.252 e. The molecule has 6 nitrogen and oxygen atoms in total. The molecule has 164 valence electrons. The first kappa shape index (κ1) is 20.0. The molecule has 30 heavy (non-hydrogen) atoms. The van der Waals surface area contributed by atoms with Gasteiger partial charge >= 0.3 is 0 Å². The third-order valence-electron chi connectivity index (χ3n) is 7.87. The largest absolute Gasteiger partial charge is 0.489 e. The van der Waals surface area contributed by atoms with E-state index in [0.29, 0.717) is 36.6 Å². The van der Waals surface area contributed by atoms with Crippen molar-refractivity contribution in [1.29, 1.82) is 0 Å². The fraction of sp³-hybridized carbons (Fsp3) is 0.708. The number of rotatable bonds is 4. The van der Waals surface area contributed by atoms with Crippen molar-refractivity contribution >= 4 is 5.91 Å². The summed E-state index contributed by atoms with van der Waals surface area (Å²) < 4.78 is 19.3. The predicted molar refractivity (Wildman–Crippen MR) is 115 cm³/mol. The topological polar surface area (TPSA) is 60.0 Å². The summed E-state index contributed by atoms with van der Waals surface area (Å²) in [4.78, 5) is 15.2. The summed E-state index contributed by atoms with van der Waals surface area (Å²) in [5, 5.41) is 3.10. The quantitative estimate of drug-likeness (QED) is 0.813. The van der Waals surface area contributed by atoms with Gasteiger partial charge in [-0.2, -0.15) is 0 Å². The van der Waals surface area contributed by atoms with Gasteiger partial charge in [-0.25, -0.2) is 0 Å². The Labute approximate surface area is 179 Å². The Kier molecular flexibility index (Phi) is 4.51. The Morgan fingerprint density at radius 1 is 1.13 bits per heavy atom. The van der Waals surface area contributed by atoms with Crippen molar-refractivity contribution in [2.24, 2.45) is 5.92 Å². The van der Waals surface area contributed by atoms with Gasteiger partial charge in [-0.3, -0.25) is 4.79 Å². The number of nitrogens with zero attached hydrogens (tertiary/aromatic N) is 1. The van der Waals surface area contributed by atoms with Crippen LogP contribution in [0.25, 0.3) is 0 Å². The molecule has 2 fully saturated rings. The zero-order valence-corrected chi connectivity index (χ0v) is 18.9. The van der Waals surface area contributed by atoms with E-state index < -0.39 is 5.79 Å². The van der Waals surface area contributed by atoms with Gasteiger partial charge in [-0.15, -0.1) is 0 Å². The molecule has 2 saturated carbocycles. The van der Waals surface area contributed by atoms with E-state index in [1.165, 1.54) is 0 Å². The Morgan fingerprint density at radius 3 is 2.40 bits per heavy atom. The summed E-state index contributed by atoms with van der Waals surface area (Å²) in [6.45, 7) is 7.26. The molecule has 4 aliphatic rings. The zero-order chi connectivity index (χ0) is 21.3. The highest BCUT2D eigenvalue weighted by Crippen LogP contribution is 2.61. The first-order chi connectivity index (χ1) is 14.3. The van der Waals surface area contributed by atoms with E-state index >= 15 is 0 Å². The molecule has 0 radical (unpaired) electrons. The summed E-state index contributed by atoms with van der Waals surface area (Å²) in [6, 6.07) is 0.625. The van der Waals surface area contributed by atoms with Gasteiger partial charge in [0, 0.05) is 42.0 Å². The summed E-state index contributed by atoms with van der Waals surface area (Å²) in [5.41, 5.74) is 2.68. The van der Waals surface area contributed by atoms with E-state index in [9.17, 15) is 4.79 Å². The highest BCUT2D eigenvalue weighted by atomic mass is 16.7. The first-order valence-electron chi connectivity index (χ1n) is 11.5. The van der Waals surface area contributed by atoms with Crippen molar-refractivity contribution < 1.29 is 19.0 Å². The molecule has 1 atom stereocenters. The molecule has 1 N–H and O–H groups in total. The van der Waals surface area contributed by atoms with E-state index in [2.05, 4.69) is 31.2 Å². The number of ether oxygens (including phenoxy) is 3. The Bertz CT molecular complexity index is 884. The molecule has 1 aromatic rings. The lowest BCUT2D eigenvalue weighted by molar-refractivity contribution is -0.123. The normalized spacial score (nSPS) is 30.9. The minimum absolute atomic E-state index is 0.000339. The molecule has 1 aromatic carbocycles. The fourth-order valence-electron chi connectivity index (χ4n) is 5.80. The number of benzene rings is 1. The van der Waals surface area contributed by atoms with Gasteiger partial charge in [-0.1, -0.05) is 0 Å². The Morgan fingerprint density at radius 2 is 1.80 bits per heavy atom. The van der Waals surface area contributed by atoms with Gasteiger partial charge in [0.05, 0.1) is 12.2 Å². The van der Waals surface area contributed by atoms with Gasteiger partial charge < -0.3 is 24.4 Å². The van der Waals surface area contributed by atoms with Crippen LogP contribution in [0.4, 0.5) is 0 Å². The molecule has 2 heterocycles. The average molecular weight is 415 g/mol. The van der Waals surface area contributed by atoms with Crippen LogP contribution in [-0.4, -0.2) is 49.9 Å². The second-order valence-electron chi connectivity index (χ2n) is 9.95. The van der Waals surface area contributed by atoms with Crippen molar-refractivity contribution in [2.45, 2.75) is 76.5 Å². The molecule has 2 aliphatic heterocycles. The minimum atomic E-state index is -0.715. The van der Waals surface area contributed by atoms with Crippen LogP contribution in [0, 0.1) is 12.8 Å². The second kappa shape index (κ2) is 6.78. The molecular formula is C24H34N2O4. The van der Waals surface area contributed by atoms with Crippen LogP contribution in [0.5, 0.6) is 17.2 Å². The lowest BCUT2D eigenvalue weighted by Gasteiger charge is -2.39.